The Morgan fingerprint density at radius 2 is 1.75 bits per heavy atom. The van der Waals surface area contributed by atoms with Crippen molar-refractivity contribution in [2.24, 2.45) is 0 Å². The number of hydrogen-bond donors (Lipinski definition) is 2. The summed E-state index contributed by atoms with van der Waals surface area (Å²) in [7, 11) is 2.81. The quantitative estimate of drug-likeness (QED) is 0.813. The third-order valence-corrected chi connectivity index (χ3v) is 2.64. The Hall–Kier alpha value is -1.02. The molecule has 2 N–H and O–H groups in total. The number of hydrogen-bond acceptors (Lipinski definition) is 4. The average molecular weight is 338 g/mol. The van der Waals surface area contributed by atoms with Crippen molar-refractivity contribution in [1.29, 1.82) is 0 Å². The van der Waals surface area contributed by atoms with Gasteiger partial charge in [0.2, 0.25) is 0 Å². The lowest BCUT2D eigenvalue weighted by atomic mass is 10.1. The summed E-state index contributed by atoms with van der Waals surface area (Å²) in [6.45, 7) is 0. The van der Waals surface area contributed by atoms with Gasteiger partial charge in [0, 0.05) is 3.57 Å². The second-order valence-electron chi connectivity index (χ2n) is 2.96. The number of benzene rings is 1. The maximum atomic E-state index is 10.8. The summed E-state index contributed by atoms with van der Waals surface area (Å²) < 4.78 is 10.9. The summed E-state index contributed by atoms with van der Waals surface area (Å²) in [6, 6.07) is 3.26. The van der Waals surface area contributed by atoms with Crippen molar-refractivity contribution in [3.63, 3.8) is 0 Å². The molecule has 6 heteroatoms. The summed E-state index contributed by atoms with van der Waals surface area (Å²) in [6.07, 6.45) is -1.66. The molecule has 0 heterocycles. The van der Waals surface area contributed by atoms with E-state index in [1.165, 1.54) is 14.2 Å². The van der Waals surface area contributed by atoms with Gasteiger partial charge in [-0.25, -0.2) is 4.79 Å². The molecule has 0 aliphatic carbocycles. The molecule has 0 saturated heterocycles. The second kappa shape index (κ2) is 5.35. The molecule has 0 saturated carbocycles. The van der Waals surface area contributed by atoms with Gasteiger partial charge in [-0.3, -0.25) is 0 Å². The van der Waals surface area contributed by atoms with Crippen LogP contribution in [0.15, 0.2) is 12.1 Å². The van der Waals surface area contributed by atoms with Gasteiger partial charge >= 0.3 is 5.97 Å². The van der Waals surface area contributed by atoms with Crippen molar-refractivity contribution in [3.8, 4) is 11.5 Å². The Kier molecular flexibility index (Phi) is 4.36. The Balaban J connectivity index is 3.38. The zero-order valence-electron chi connectivity index (χ0n) is 8.73. The first-order valence-corrected chi connectivity index (χ1v) is 5.41. The van der Waals surface area contributed by atoms with Crippen LogP contribution in [-0.2, 0) is 4.79 Å². The molecule has 1 atom stereocenters. The monoisotopic (exact) mass is 338 g/mol. The predicted octanol–water partition coefficient (Wildman–Crippen LogP) is 1.43. The van der Waals surface area contributed by atoms with Crippen LogP contribution in [0.3, 0.4) is 0 Å². The Morgan fingerprint density at radius 3 is 2.06 bits per heavy atom. The number of methoxy groups -OCH3 is 2. The SMILES string of the molecule is COc1cc(I)cc(OC)c1C(O)C(=O)O. The number of rotatable bonds is 4. The van der Waals surface area contributed by atoms with Crippen LogP contribution in [0.1, 0.15) is 11.7 Å². The number of aliphatic hydroxyl groups excluding tert-OH is 1. The molecule has 1 aromatic carbocycles. The number of aliphatic carboxylic acids is 1. The van der Waals surface area contributed by atoms with Crippen molar-refractivity contribution in [3.05, 3.63) is 21.3 Å². The lowest BCUT2D eigenvalue weighted by Gasteiger charge is -2.15. The van der Waals surface area contributed by atoms with E-state index in [1.807, 2.05) is 22.6 Å². The van der Waals surface area contributed by atoms with E-state index in [9.17, 15) is 9.90 Å². The maximum Gasteiger partial charge on any atom is 0.337 e. The third-order valence-electron chi connectivity index (χ3n) is 2.02. The van der Waals surface area contributed by atoms with Crippen molar-refractivity contribution in [1.82, 2.24) is 0 Å². The number of halogens is 1. The lowest BCUT2D eigenvalue weighted by Crippen LogP contribution is -2.13. The zero-order chi connectivity index (χ0) is 12.3. The summed E-state index contributed by atoms with van der Waals surface area (Å²) in [4.78, 5) is 10.8. The molecule has 0 aliphatic rings. The molecular weight excluding hydrogens is 327 g/mol. The van der Waals surface area contributed by atoms with E-state index in [0.717, 1.165) is 3.57 Å². The highest BCUT2D eigenvalue weighted by Crippen LogP contribution is 2.36. The molecule has 1 aromatic rings. The van der Waals surface area contributed by atoms with E-state index in [1.54, 1.807) is 12.1 Å². The molecule has 16 heavy (non-hydrogen) atoms. The smallest absolute Gasteiger partial charge is 0.337 e. The zero-order valence-corrected chi connectivity index (χ0v) is 10.9. The maximum absolute atomic E-state index is 10.8. The van der Waals surface area contributed by atoms with Crippen LogP contribution in [0.4, 0.5) is 0 Å². The van der Waals surface area contributed by atoms with Gasteiger partial charge in [0.15, 0.2) is 6.10 Å². The number of carboxylic acid groups (broad SMARTS) is 1. The van der Waals surface area contributed by atoms with Crippen LogP contribution < -0.4 is 9.47 Å². The molecule has 0 bridgehead atoms. The van der Waals surface area contributed by atoms with E-state index in [4.69, 9.17) is 14.6 Å². The lowest BCUT2D eigenvalue weighted by molar-refractivity contribution is -0.147. The largest absolute Gasteiger partial charge is 0.496 e. The van der Waals surface area contributed by atoms with Gasteiger partial charge in [-0.1, -0.05) is 0 Å². The summed E-state index contributed by atoms with van der Waals surface area (Å²) in [5.74, 6) is -0.768. The second-order valence-corrected chi connectivity index (χ2v) is 4.21. The summed E-state index contributed by atoms with van der Waals surface area (Å²) in [5, 5.41) is 18.3. The highest BCUT2D eigenvalue weighted by atomic mass is 127. The van der Waals surface area contributed by atoms with Gasteiger partial charge in [0.05, 0.1) is 19.8 Å². The minimum absolute atomic E-state index is 0.123. The third kappa shape index (κ3) is 2.56. The molecule has 0 spiro atoms. The van der Waals surface area contributed by atoms with Gasteiger partial charge in [-0.05, 0) is 34.7 Å². The average Bonchev–Trinajstić information content (AvgIpc) is 2.26. The molecule has 5 nitrogen and oxygen atoms in total. The van der Waals surface area contributed by atoms with Crippen LogP contribution in [0.2, 0.25) is 0 Å². The van der Waals surface area contributed by atoms with Crippen molar-refractivity contribution in [2.45, 2.75) is 6.10 Å². The van der Waals surface area contributed by atoms with Crippen LogP contribution in [0.25, 0.3) is 0 Å². The van der Waals surface area contributed by atoms with Crippen molar-refractivity contribution < 1.29 is 24.5 Å². The minimum atomic E-state index is -1.66. The molecule has 0 aromatic heterocycles. The molecule has 0 aliphatic heterocycles. The summed E-state index contributed by atoms with van der Waals surface area (Å²) in [5.41, 5.74) is 0.123. The Morgan fingerprint density at radius 1 is 1.31 bits per heavy atom. The van der Waals surface area contributed by atoms with E-state index in [0.29, 0.717) is 11.5 Å². The Bertz CT molecular complexity index is 379. The standard InChI is InChI=1S/C10H11IO5/c1-15-6-3-5(11)4-7(16-2)8(6)9(12)10(13)14/h3-4,9,12H,1-2H3,(H,13,14). The van der Waals surface area contributed by atoms with E-state index >= 15 is 0 Å². The van der Waals surface area contributed by atoms with Crippen molar-refractivity contribution >= 4 is 28.6 Å². The molecule has 1 rings (SSSR count). The normalized spacial score (nSPS) is 12.0. The summed E-state index contributed by atoms with van der Waals surface area (Å²) >= 11 is 2.05. The fraction of sp³-hybridized carbons (Fsp3) is 0.300. The predicted molar refractivity (Wildman–Crippen MR) is 64.9 cm³/mol. The van der Waals surface area contributed by atoms with Gasteiger partial charge in [0.25, 0.3) is 0 Å². The first-order valence-electron chi connectivity index (χ1n) is 4.33. The molecule has 0 amide bonds. The molecule has 0 fully saturated rings. The number of ether oxygens (including phenoxy) is 2. The number of carbonyl (C=O) groups is 1. The van der Waals surface area contributed by atoms with Crippen LogP contribution in [-0.4, -0.2) is 30.4 Å². The molecular formula is C10H11IO5. The topological polar surface area (TPSA) is 76.0 Å². The molecule has 0 radical (unpaired) electrons. The highest BCUT2D eigenvalue weighted by Gasteiger charge is 2.25. The first kappa shape index (κ1) is 13.0. The molecule has 1 unspecified atom stereocenters. The first-order chi connectivity index (χ1) is 7.51. The fourth-order valence-electron chi connectivity index (χ4n) is 1.30. The van der Waals surface area contributed by atoms with Crippen LogP contribution in [0.5, 0.6) is 11.5 Å². The van der Waals surface area contributed by atoms with E-state index in [2.05, 4.69) is 0 Å². The Labute approximate surface area is 106 Å². The molecule has 88 valence electrons. The fourth-order valence-corrected chi connectivity index (χ4v) is 1.87. The number of aliphatic hydroxyl groups is 1. The van der Waals surface area contributed by atoms with E-state index < -0.39 is 12.1 Å². The number of carboxylic acids is 1. The van der Waals surface area contributed by atoms with Gasteiger partial charge in [0.1, 0.15) is 11.5 Å². The van der Waals surface area contributed by atoms with Gasteiger partial charge in [-0.2, -0.15) is 0 Å². The van der Waals surface area contributed by atoms with Crippen LogP contribution >= 0.6 is 22.6 Å². The minimum Gasteiger partial charge on any atom is -0.496 e. The van der Waals surface area contributed by atoms with Crippen molar-refractivity contribution in [2.75, 3.05) is 14.2 Å². The highest BCUT2D eigenvalue weighted by molar-refractivity contribution is 14.1. The van der Waals surface area contributed by atoms with Crippen LogP contribution in [0, 0.1) is 3.57 Å². The van der Waals surface area contributed by atoms with Gasteiger partial charge in [-0.15, -0.1) is 0 Å². The van der Waals surface area contributed by atoms with Gasteiger partial charge < -0.3 is 19.7 Å². The van der Waals surface area contributed by atoms with E-state index in [-0.39, 0.29) is 5.56 Å².